The van der Waals surface area contributed by atoms with Crippen LogP contribution in [0.5, 0.6) is 0 Å². The molecule has 1 aliphatic carbocycles. The Hall–Kier alpha value is -2.09. The van der Waals surface area contributed by atoms with Gasteiger partial charge in [0, 0.05) is 0 Å². The van der Waals surface area contributed by atoms with E-state index < -0.39 is 8.07 Å². The van der Waals surface area contributed by atoms with E-state index in [1.54, 1.807) is 15.9 Å². The van der Waals surface area contributed by atoms with E-state index in [0.29, 0.717) is 5.92 Å². The van der Waals surface area contributed by atoms with Gasteiger partial charge in [-0.3, -0.25) is 0 Å². The smallest absolute Gasteiger partial charge is 1.00 e. The third-order valence-electron chi connectivity index (χ3n) is 10.8. The van der Waals surface area contributed by atoms with Crippen molar-refractivity contribution in [1.29, 1.82) is 0 Å². The second-order valence-corrected chi connectivity index (χ2v) is 21.0. The van der Waals surface area contributed by atoms with E-state index in [0.717, 1.165) is 0 Å². The first-order valence-corrected chi connectivity index (χ1v) is 19.9. The molecular formula is C44H49Cl2SiZr. The summed E-state index contributed by atoms with van der Waals surface area (Å²) >= 11 is 0. The van der Waals surface area contributed by atoms with Gasteiger partial charge in [-0.15, -0.1) is 34.0 Å². The maximum Gasteiger partial charge on any atom is 3.00 e. The number of hydrogen-bond acceptors (Lipinski definition) is 0. The third kappa shape index (κ3) is 6.23. The fourth-order valence-corrected chi connectivity index (χ4v) is 11.4. The van der Waals surface area contributed by atoms with Crippen molar-refractivity contribution in [3.8, 4) is 22.3 Å². The molecule has 0 saturated carbocycles. The zero-order chi connectivity index (χ0) is 32.2. The molecule has 5 aromatic rings. The number of rotatable bonds is 4. The number of allylic oxidation sites excluding steroid dienone is 1. The van der Waals surface area contributed by atoms with Gasteiger partial charge in [-0.05, 0) is 68.5 Å². The van der Waals surface area contributed by atoms with E-state index in [2.05, 4.69) is 160 Å². The second-order valence-electron chi connectivity index (χ2n) is 16.7. The summed E-state index contributed by atoms with van der Waals surface area (Å²) in [5.74, 6) is 0.711. The van der Waals surface area contributed by atoms with E-state index in [-0.39, 0.29) is 67.8 Å². The molecule has 247 valence electrons. The van der Waals surface area contributed by atoms with Crippen LogP contribution in [-0.4, -0.2) is 8.07 Å². The van der Waals surface area contributed by atoms with Crippen LogP contribution >= 0.6 is 0 Å². The molecule has 0 spiro atoms. The van der Waals surface area contributed by atoms with Gasteiger partial charge in [-0.1, -0.05) is 163 Å². The van der Waals surface area contributed by atoms with Crippen LogP contribution in [0.2, 0.25) is 13.1 Å². The minimum absolute atomic E-state index is 0. The Morgan fingerprint density at radius 1 is 0.750 bits per heavy atom. The molecule has 2 aliphatic rings. The SMILES string of the molecule is CC1=Cc2c(-c3ccc(C(C)(C)C)cc3)cccc2C1c1c(C(C)C)[cH-]c2cc3c(c(-c4ccc(C(C)(C)C)cc4)c12)[Si]3(C)C.[Cl-].[Cl-].[Zr+3]. The van der Waals surface area contributed by atoms with Crippen molar-refractivity contribution in [2.24, 2.45) is 0 Å². The quantitative estimate of drug-likeness (QED) is 0.172. The molecule has 1 radical (unpaired) electrons. The summed E-state index contributed by atoms with van der Waals surface area (Å²) in [7, 11) is -1.56. The van der Waals surface area contributed by atoms with Gasteiger partial charge < -0.3 is 24.8 Å². The molecule has 5 aromatic carbocycles. The van der Waals surface area contributed by atoms with Crippen LogP contribution in [0, 0.1) is 0 Å². The molecule has 48 heavy (non-hydrogen) atoms. The Labute approximate surface area is 322 Å². The minimum atomic E-state index is -1.56. The zero-order valence-corrected chi connectivity index (χ0v) is 35.5. The van der Waals surface area contributed by atoms with E-state index in [1.807, 2.05) is 0 Å². The fourth-order valence-electron chi connectivity index (χ4n) is 8.04. The van der Waals surface area contributed by atoms with Gasteiger partial charge in [-0.25, -0.2) is 0 Å². The standard InChI is InChI=1S/C44H49Si.2ClH.Zr/c1-26(2)35-24-30-25-37-42(45(37,10)11)40(29-17-21-32(22-18-29)44(7,8)9)39(30)41(35)38-27(3)23-36-33(13-12-14-34(36)38)28-15-19-31(20-16-28)43(4,5)6;;;/h12-26,38H,1-11H3;2*1H;/q-1;;;+3/p-2. The van der Waals surface area contributed by atoms with Crippen molar-refractivity contribution < 1.29 is 51.0 Å². The van der Waals surface area contributed by atoms with Crippen LogP contribution in [0.1, 0.15) is 108 Å². The summed E-state index contributed by atoms with van der Waals surface area (Å²) in [6.07, 6.45) is 2.49. The topological polar surface area (TPSA) is 0 Å². The molecule has 0 N–H and O–H groups in total. The van der Waals surface area contributed by atoms with Crippen molar-refractivity contribution in [3.05, 3.63) is 118 Å². The molecule has 0 bridgehead atoms. The Bertz CT molecular complexity index is 2010. The predicted octanol–water partition coefficient (Wildman–Crippen LogP) is 5.30. The molecule has 1 atom stereocenters. The Morgan fingerprint density at radius 3 is 1.81 bits per heavy atom. The van der Waals surface area contributed by atoms with Crippen LogP contribution < -0.4 is 35.2 Å². The van der Waals surface area contributed by atoms with E-state index >= 15 is 0 Å². The molecular weight excluding hydrogens is 719 g/mol. The Morgan fingerprint density at radius 2 is 1.29 bits per heavy atom. The first-order chi connectivity index (χ1) is 21.1. The van der Waals surface area contributed by atoms with Crippen molar-refractivity contribution in [2.75, 3.05) is 0 Å². The molecule has 1 heterocycles. The van der Waals surface area contributed by atoms with Gasteiger partial charge in [0.05, 0.1) is 0 Å². The van der Waals surface area contributed by atoms with Gasteiger partial charge >= 0.3 is 26.2 Å². The monoisotopic (exact) mass is 765 g/mol. The van der Waals surface area contributed by atoms with Crippen molar-refractivity contribution in [2.45, 2.75) is 98.1 Å². The van der Waals surface area contributed by atoms with Crippen LogP contribution in [0.15, 0.2) is 84.4 Å². The molecule has 7 rings (SSSR count). The Balaban J connectivity index is 0.00000173. The molecule has 0 aromatic heterocycles. The summed E-state index contributed by atoms with van der Waals surface area (Å²) in [5.41, 5.74) is 16.0. The zero-order valence-electron chi connectivity index (χ0n) is 30.5. The van der Waals surface area contributed by atoms with E-state index in [9.17, 15) is 0 Å². The predicted molar refractivity (Wildman–Crippen MR) is 201 cm³/mol. The van der Waals surface area contributed by atoms with Crippen molar-refractivity contribution >= 4 is 35.3 Å². The third-order valence-corrected chi connectivity index (χ3v) is 14.0. The van der Waals surface area contributed by atoms with Crippen molar-refractivity contribution in [1.82, 2.24) is 0 Å². The number of fused-ring (bicyclic) bond motifs is 3. The van der Waals surface area contributed by atoms with Gasteiger partial charge in [-0.2, -0.15) is 0 Å². The molecule has 0 fully saturated rings. The molecule has 0 amide bonds. The number of benzene rings is 4. The molecule has 1 aliphatic heterocycles. The van der Waals surface area contributed by atoms with Crippen LogP contribution in [0.25, 0.3) is 39.1 Å². The van der Waals surface area contributed by atoms with Gasteiger partial charge in [0.25, 0.3) is 0 Å². The largest absolute Gasteiger partial charge is 3.00 e. The first kappa shape index (κ1) is 38.7. The van der Waals surface area contributed by atoms with Crippen LogP contribution in [0.4, 0.5) is 0 Å². The summed E-state index contributed by atoms with van der Waals surface area (Å²) in [5, 5.41) is 6.27. The summed E-state index contributed by atoms with van der Waals surface area (Å²) in [6, 6.07) is 31.0. The average Bonchev–Trinajstić information content (AvgIpc) is 3.23. The maximum atomic E-state index is 2.57. The first-order valence-electron chi connectivity index (χ1n) is 16.9. The number of halogens is 2. The van der Waals surface area contributed by atoms with Gasteiger partial charge in [0.1, 0.15) is 8.07 Å². The normalized spacial score (nSPS) is 16.0. The van der Waals surface area contributed by atoms with Crippen LogP contribution in [0.3, 0.4) is 0 Å². The molecule has 0 saturated heterocycles. The van der Waals surface area contributed by atoms with Gasteiger partial charge in [0.2, 0.25) is 0 Å². The maximum absolute atomic E-state index is 2.57. The second kappa shape index (κ2) is 13.2. The molecule has 1 unspecified atom stereocenters. The van der Waals surface area contributed by atoms with Crippen molar-refractivity contribution in [3.63, 3.8) is 0 Å². The number of hydrogen-bond donors (Lipinski definition) is 0. The van der Waals surface area contributed by atoms with Crippen LogP contribution in [-0.2, 0) is 37.0 Å². The average molecular weight is 768 g/mol. The summed E-state index contributed by atoms with van der Waals surface area (Å²) in [6.45, 7) is 26.0. The van der Waals surface area contributed by atoms with Gasteiger partial charge in [0.15, 0.2) is 0 Å². The molecule has 4 heteroatoms. The molecule has 0 nitrogen and oxygen atoms in total. The summed E-state index contributed by atoms with van der Waals surface area (Å²) in [4.78, 5) is 0. The Kier molecular flexibility index (Phi) is 10.7. The fraction of sp³-hybridized carbons (Fsp3) is 0.341. The minimum Gasteiger partial charge on any atom is -1.00 e. The van der Waals surface area contributed by atoms with E-state index in [1.165, 1.54) is 66.4 Å². The summed E-state index contributed by atoms with van der Waals surface area (Å²) < 4.78 is 0. The van der Waals surface area contributed by atoms with E-state index in [4.69, 9.17) is 0 Å².